The lowest BCUT2D eigenvalue weighted by Gasteiger charge is -2.28. The van der Waals surface area contributed by atoms with E-state index in [1.54, 1.807) is 0 Å². The molecule has 1 amide bonds. The molecular formula is C15H21FN2O2. The lowest BCUT2D eigenvalue weighted by atomic mass is 9.93. The van der Waals surface area contributed by atoms with Gasteiger partial charge in [-0.15, -0.1) is 0 Å². The Kier molecular flexibility index (Phi) is 5.49. The van der Waals surface area contributed by atoms with Crippen LogP contribution in [-0.2, 0) is 9.53 Å². The molecule has 0 saturated heterocycles. The van der Waals surface area contributed by atoms with E-state index < -0.39 is 0 Å². The highest BCUT2D eigenvalue weighted by Gasteiger charge is 2.20. The quantitative estimate of drug-likeness (QED) is 0.870. The van der Waals surface area contributed by atoms with Gasteiger partial charge < -0.3 is 15.4 Å². The van der Waals surface area contributed by atoms with Crippen molar-refractivity contribution in [3.63, 3.8) is 0 Å². The van der Waals surface area contributed by atoms with Gasteiger partial charge in [-0.25, -0.2) is 4.39 Å². The summed E-state index contributed by atoms with van der Waals surface area (Å²) < 4.78 is 18.4. The van der Waals surface area contributed by atoms with E-state index in [2.05, 4.69) is 10.6 Å². The molecule has 0 bridgehead atoms. The number of hydrogen-bond acceptors (Lipinski definition) is 3. The van der Waals surface area contributed by atoms with Crippen molar-refractivity contribution in [2.45, 2.75) is 37.8 Å². The van der Waals surface area contributed by atoms with E-state index in [1.165, 1.54) is 24.3 Å². The van der Waals surface area contributed by atoms with Crippen LogP contribution in [0.5, 0.6) is 0 Å². The molecule has 0 aromatic heterocycles. The fourth-order valence-electron chi connectivity index (χ4n) is 2.44. The number of hydrogen-bond donors (Lipinski definition) is 2. The first-order valence-electron chi connectivity index (χ1n) is 7.01. The molecule has 1 aliphatic carbocycles. The van der Waals surface area contributed by atoms with E-state index in [-0.39, 0.29) is 24.4 Å². The summed E-state index contributed by atoms with van der Waals surface area (Å²) in [5, 5.41) is 5.95. The average Bonchev–Trinajstić information content (AvgIpc) is 2.48. The van der Waals surface area contributed by atoms with Crippen LogP contribution in [0.15, 0.2) is 24.3 Å². The van der Waals surface area contributed by atoms with Crippen LogP contribution in [0, 0.1) is 5.82 Å². The minimum atomic E-state index is -0.319. The zero-order chi connectivity index (χ0) is 14.4. The Balaban J connectivity index is 1.69. The number of benzene rings is 1. The second-order valence-corrected chi connectivity index (χ2v) is 5.13. The van der Waals surface area contributed by atoms with Gasteiger partial charge in [0.15, 0.2) is 0 Å². The Morgan fingerprint density at radius 1 is 1.25 bits per heavy atom. The molecule has 2 rings (SSSR count). The minimum absolute atomic E-state index is 0.0479. The Labute approximate surface area is 118 Å². The summed E-state index contributed by atoms with van der Waals surface area (Å²) in [6.07, 6.45) is 4.30. The molecule has 0 atom stereocenters. The predicted molar refractivity (Wildman–Crippen MR) is 76.1 cm³/mol. The Morgan fingerprint density at radius 3 is 2.50 bits per heavy atom. The standard InChI is InChI=1S/C15H21FN2O2/c1-17-12-6-8-14(9-7-12)20-10-15(19)18-13-4-2-11(16)3-5-13/h2-5,12,14,17H,6-10H2,1H3,(H,18,19). The van der Waals surface area contributed by atoms with E-state index in [0.717, 1.165) is 25.7 Å². The van der Waals surface area contributed by atoms with Crippen molar-refractivity contribution in [1.29, 1.82) is 0 Å². The maximum Gasteiger partial charge on any atom is 0.250 e. The Hall–Kier alpha value is -1.46. The number of ether oxygens (including phenoxy) is 1. The van der Waals surface area contributed by atoms with Crippen LogP contribution in [0.4, 0.5) is 10.1 Å². The molecule has 2 N–H and O–H groups in total. The van der Waals surface area contributed by atoms with E-state index in [9.17, 15) is 9.18 Å². The second kappa shape index (κ2) is 7.36. The van der Waals surface area contributed by atoms with Crippen LogP contribution < -0.4 is 10.6 Å². The van der Waals surface area contributed by atoms with Gasteiger partial charge >= 0.3 is 0 Å². The maximum absolute atomic E-state index is 12.7. The van der Waals surface area contributed by atoms with Gasteiger partial charge in [0.1, 0.15) is 12.4 Å². The summed E-state index contributed by atoms with van der Waals surface area (Å²) in [4.78, 5) is 11.7. The molecule has 1 aliphatic rings. The van der Waals surface area contributed by atoms with Crippen molar-refractivity contribution in [3.05, 3.63) is 30.1 Å². The molecule has 5 heteroatoms. The molecule has 20 heavy (non-hydrogen) atoms. The first kappa shape index (κ1) is 14.9. The first-order valence-corrected chi connectivity index (χ1v) is 7.01. The van der Waals surface area contributed by atoms with Crippen LogP contribution in [0.3, 0.4) is 0 Å². The lowest BCUT2D eigenvalue weighted by Crippen LogP contribution is -2.34. The molecule has 0 radical (unpaired) electrons. The van der Waals surface area contributed by atoms with Crippen LogP contribution in [0.2, 0.25) is 0 Å². The summed E-state index contributed by atoms with van der Waals surface area (Å²) in [5.74, 6) is -0.520. The molecule has 0 unspecified atom stereocenters. The normalized spacial score (nSPS) is 22.5. The predicted octanol–water partition coefficient (Wildman–Crippen LogP) is 2.31. The zero-order valence-electron chi connectivity index (χ0n) is 11.7. The summed E-state index contributed by atoms with van der Waals surface area (Å²) in [6.45, 7) is 0.0479. The van der Waals surface area contributed by atoms with Crippen molar-refractivity contribution < 1.29 is 13.9 Å². The largest absolute Gasteiger partial charge is 0.368 e. The van der Waals surface area contributed by atoms with E-state index in [4.69, 9.17) is 4.74 Å². The number of rotatable bonds is 5. The molecular weight excluding hydrogens is 259 g/mol. The highest BCUT2D eigenvalue weighted by molar-refractivity contribution is 5.91. The monoisotopic (exact) mass is 280 g/mol. The topological polar surface area (TPSA) is 50.4 Å². The van der Waals surface area contributed by atoms with Crippen LogP contribution in [0.1, 0.15) is 25.7 Å². The van der Waals surface area contributed by atoms with Crippen molar-refractivity contribution in [1.82, 2.24) is 5.32 Å². The fourth-order valence-corrected chi connectivity index (χ4v) is 2.44. The van der Waals surface area contributed by atoms with Crippen LogP contribution in [-0.4, -0.2) is 31.7 Å². The molecule has 0 spiro atoms. The van der Waals surface area contributed by atoms with Crippen molar-refractivity contribution in [3.8, 4) is 0 Å². The number of nitrogens with one attached hydrogen (secondary N) is 2. The molecule has 1 fully saturated rings. The molecule has 110 valence electrons. The smallest absolute Gasteiger partial charge is 0.250 e. The van der Waals surface area contributed by atoms with E-state index in [1.807, 2.05) is 7.05 Å². The average molecular weight is 280 g/mol. The van der Waals surface area contributed by atoms with Crippen LogP contribution >= 0.6 is 0 Å². The Morgan fingerprint density at radius 2 is 1.90 bits per heavy atom. The SMILES string of the molecule is CNC1CCC(OCC(=O)Nc2ccc(F)cc2)CC1. The van der Waals surface area contributed by atoms with E-state index >= 15 is 0 Å². The molecule has 1 saturated carbocycles. The molecule has 0 heterocycles. The summed E-state index contributed by atoms with van der Waals surface area (Å²) in [7, 11) is 1.97. The second-order valence-electron chi connectivity index (χ2n) is 5.13. The molecule has 0 aliphatic heterocycles. The molecule has 4 nitrogen and oxygen atoms in total. The molecule has 1 aromatic carbocycles. The summed E-state index contributed by atoms with van der Waals surface area (Å²) >= 11 is 0. The highest BCUT2D eigenvalue weighted by Crippen LogP contribution is 2.20. The number of halogens is 1. The molecule has 1 aromatic rings. The maximum atomic E-state index is 12.7. The Bertz CT molecular complexity index is 428. The van der Waals surface area contributed by atoms with Gasteiger partial charge in [0.2, 0.25) is 5.91 Å². The van der Waals surface area contributed by atoms with Crippen molar-refractivity contribution in [2.24, 2.45) is 0 Å². The highest BCUT2D eigenvalue weighted by atomic mass is 19.1. The van der Waals surface area contributed by atoms with Gasteiger partial charge in [0.05, 0.1) is 6.10 Å². The fraction of sp³-hybridized carbons (Fsp3) is 0.533. The summed E-state index contributed by atoms with van der Waals surface area (Å²) in [6, 6.07) is 6.27. The van der Waals surface area contributed by atoms with Gasteiger partial charge in [0.25, 0.3) is 0 Å². The number of amides is 1. The minimum Gasteiger partial charge on any atom is -0.368 e. The van der Waals surface area contributed by atoms with Gasteiger partial charge in [0, 0.05) is 11.7 Å². The number of carbonyl (C=O) groups excluding carboxylic acids is 1. The lowest BCUT2D eigenvalue weighted by molar-refractivity contribution is -0.123. The third-order valence-corrected chi connectivity index (χ3v) is 3.66. The van der Waals surface area contributed by atoms with Crippen LogP contribution in [0.25, 0.3) is 0 Å². The number of carbonyl (C=O) groups is 1. The van der Waals surface area contributed by atoms with Gasteiger partial charge in [-0.1, -0.05) is 0 Å². The number of anilines is 1. The van der Waals surface area contributed by atoms with Crippen molar-refractivity contribution in [2.75, 3.05) is 19.0 Å². The van der Waals surface area contributed by atoms with Gasteiger partial charge in [-0.3, -0.25) is 4.79 Å². The third-order valence-electron chi connectivity index (χ3n) is 3.66. The van der Waals surface area contributed by atoms with Gasteiger partial charge in [-0.2, -0.15) is 0 Å². The first-order chi connectivity index (χ1) is 9.67. The summed E-state index contributed by atoms with van der Waals surface area (Å²) in [5.41, 5.74) is 0.582. The zero-order valence-corrected chi connectivity index (χ0v) is 11.7. The third kappa shape index (κ3) is 4.58. The van der Waals surface area contributed by atoms with E-state index in [0.29, 0.717) is 11.7 Å². The van der Waals surface area contributed by atoms with Gasteiger partial charge in [-0.05, 0) is 57.0 Å². The van der Waals surface area contributed by atoms with Crippen molar-refractivity contribution >= 4 is 11.6 Å².